The molecule has 2 N–H and O–H groups in total. The minimum absolute atomic E-state index is 0.0289. The average molecular weight is 340 g/mol. The molecule has 104 valence electrons. The molecule has 0 saturated heterocycles. The molecule has 2 rings (SSSR count). The zero-order valence-electron chi connectivity index (χ0n) is 10.3. The number of ether oxygens (including phenoxy) is 1. The molecule has 7 heteroatoms. The van der Waals surface area contributed by atoms with Crippen LogP contribution in [-0.2, 0) is 0 Å². The molecule has 1 aromatic heterocycles. The minimum atomic E-state index is -1.14. The number of amides is 1. The van der Waals surface area contributed by atoms with Crippen molar-refractivity contribution in [1.82, 2.24) is 0 Å². The Morgan fingerprint density at radius 2 is 2.05 bits per heavy atom. The second-order valence-electron chi connectivity index (χ2n) is 3.78. The van der Waals surface area contributed by atoms with Gasteiger partial charge in [0.05, 0.1) is 30.2 Å². The molecule has 0 saturated carbocycles. The van der Waals surface area contributed by atoms with Crippen LogP contribution in [0.15, 0.2) is 39.6 Å². The van der Waals surface area contributed by atoms with E-state index in [2.05, 4.69) is 21.2 Å². The normalized spacial score (nSPS) is 10.1. The van der Waals surface area contributed by atoms with Gasteiger partial charge in [-0.15, -0.1) is 0 Å². The van der Waals surface area contributed by atoms with Crippen LogP contribution in [0.1, 0.15) is 20.7 Å². The number of hydrogen-bond donors (Lipinski definition) is 2. The molecule has 1 aromatic carbocycles. The highest BCUT2D eigenvalue weighted by Gasteiger charge is 2.17. The van der Waals surface area contributed by atoms with Crippen molar-refractivity contribution in [2.24, 2.45) is 0 Å². The first-order valence-corrected chi connectivity index (χ1v) is 6.28. The van der Waals surface area contributed by atoms with Crippen LogP contribution in [0.3, 0.4) is 0 Å². The van der Waals surface area contributed by atoms with E-state index in [9.17, 15) is 9.59 Å². The van der Waals surface area contributed by atoms with Gasteiger partial charge in [-0.3, -0.25) is 4.79 Å². The van der Waals surface area contributed by atoms with Crippen LogP contribution in [0.4, 0.5) is 5.69 Å². The molecule has 1 amide bonds. The van der Waals surface area contributed by atoms with E-state index in [4.69, 9.17) is 14.3 Å². The number of benzene rings is 1. The highest BCUT2D eigenvalue weighted by molar-refractivity contribution is 9.10. The summed E-state index contributed by atoms with van der Waals surface area (Å²) in [6.07, 6.45) is 1.35. The predicted octanol–water partition coefficient (Wildman–Crippen LogP) is 3.00. The van der Waals surface area contributed by atoms with E-state index in [0.29, 0.717) is 5.75 Å². The highest BCUT2D eigenvalue weighted by atomic mass is 79.9. The highest BCUT2D eigenvalue weighted by Crippen LogP contribution is 2.25. The van der Waals surface area contributed by atoms with Gasteiger partial charge < -0.3 is 19.6 Å². The molecule has 20 heavy (non-hydrogen) atoms. The van der Waals surface area contributed by atoms with E-state index < -0.39 is 11.9 Å². The molecule has 0 fully saturated rings. The van der Waals surface area contributed by atoms with Gasteiger partial charge in [0, 0.05) is 6.07 Å². The summed E-state index contributed by atoms with van der Waals surface area (Å²) in [4.78, 5) is 23.2. The fraction of sp³-hybridized carbons (Fsp3) is 0.0769. The summed E-state index contributed by atoms with van der Waals surface area (Å²) in [5, 5.41) is 11.6. The third-order valence-electron chi connectivity index (χ3n) is 2.57. The number of carbonyl (C=O) groups is 2. The molecule has 2 aromatic rings. The summed E-state index contributed by atoms with van der Waals surface area (Å²) in [6.45, 7) is 0. The largest absolute Gasteiger partial charge is 0.497 e. The third kappa shape index (κ3) is 2.83. The molecule has 0 aliphatic carbocycles. The van der Waals surface area contributed by atoms with Gasteiger partial charge in [-0.1, -0.05) is 0 Å². The summed E-state index contributed by atoms with van der Waals surface area (Å²) in [5.41, 5.74) is 0.387. The lowest BCUT2D eigenvalue weighted by Gasteiger charge is -2.09. The van der Waals surface area contributed by atoms with E-state index in [1.165, 1.54) is 37.6 Å². The maximum atomic E-state index is 12.0. The number of furan rings is 1. The number of carboxylic acid groups (broad SMARTS) is 1. The number of hydrogen-bond acceptors (Lipinski definition) is 4. The SMILES string of the molecule is COc1ccc(C(=O)O)c(NC(=O)c2ccoc2Br)c1. The van der Waals surface area contributed by atoms with Gasteiger partial charge in [0.1, 0.15) is 5.75 Å². The second kappa shape index (κ2) is 5.79. The van der Waals surface area contributed by atoms with E-state index >= 15 is 0 Å². The smallest absolute Gasteiger partial charge is 0.337 e. The predicted molar refractivity (Wildman–Crippen MR) is 74.3 cm³/mol. The summed E-state index contributed by atoms with van der Waals surface area (Å²) < 4.78 is 10.2. The van der Waals surface area contributed by atoms with E-state index in [1.807, 2.05) is 0 Å². The number of carboxylic acids is 1. The fourth-order valence-corrected chi connectivity index (χ4v) is 2.01. The van der Waals surface area contributed by atoms with Crippen molar-refractivity contribution in [2.75, 3.05) is 12.4 Å². The van der Waals surface area contributed by atoms with Crippen molar-refractivity contribution >= 4 is 33.5 Å². The summed E-state index contributed by atoms with van der Waals surface area (Å²) in [6, 6.07) is 5.78. The Morgan fingerprint density at radius 1 is 1.30 bits per heavy atom. The van der Waals surface area contributed by atoms with Crippen LogP contribution in [0.5, 0.6) is 5.75 Å². The number of nitrogens with one attached hydrogen (secondary N) is 1. The Hall–Kier alpha value is -2.28. The van der Waals surface area contributed by atoms with Crippen LogP contribution < -0.4 is 10.1 Å². The summed E-state index contributed by atoms with van der Waals surface area (Å²) in [5.74, 6) is -1.19. The van der Waals surface area contributed by atoms with E-state index in [0.717, 1.165) is 0 Å². The van der Waals surface area contributed by atoms with Gasteiger partial charge >= 0.3 is 5.97 Å². The van der Waals surface area contributed by atoms with Gasteiger partial charge in [0.2, 0.25) is 0 Å². The average Bonchev–Trinajstić information content (AvgIpc) is 2.84. The zero-order valence-corrected chi connectivity index (χ0v) is 11.9. The fourth-order valence-electron chi connectivity index (χ4n) is 1.59. The Bertz CT molecular complexity index is 665. The molecule has 6 nitrogen and oxygen atoms in total. The second-order valence-corrected chi connectivity index (χ2v) is 4.50. The molecule has 0 unspecified atom stereocenters. The quantitative estimate of drug-likeness (QED) is 0.893. The maximum absolute atomic E-state index is 12.0. The first kappa shape index (κ1) is 14.1. The lowest BCUT2D eigenvalue weighted by atomic mass is 10.1. The van der Waals surface area contributed by atoms with Crippen molar-refractivity contribution < 1.29 is 23.8 Å². The van der Waals surface area contributed by atoms with Crippen LogP contribution in [0.25, 0.3) is 0 Å². The Balaban J connectivity index is 2.34. The first-order chi connectivity index (χ1) is 9.52. The van der Waals surface area contributed by atoms with Crippen LogP contribution in [0, 0.1) is 0 Å². The Kier molecular flexibility index (Phi) is 4.09. The number of anilines is 1. The number of halogens is 1. The topological polar surface area (TPSA) is 88.8 Å². The Morgan fingerprint density at radius 3 is 2.60 bits per heavy atom. The van der Waals surface area contributed by atoms with Gasteiger partial charge in [-0.25, -0.2) is 4.79 Å². The van der Waals surface area contributed by atoms with Crippen molar-refractivity contribution in [3.63, 3.8) is 0 Å². The number of aromatic carboxylic acids is 1. The molecule has 0 bridgehead atoms. The molecule has 0 spiro atoms. The molecular formula is C13H10BrNO5. The van der Waals surface area contributed by atoms with Gasteiger partial charge in [0.15, 0.2) is 4.67 Å². The number of methoxy groups -OCH3 is 1. The summed E-state index contributed by atoms with van der Waals surface area (Å²) >= 11 is 3.09. The molecule has 1 heterocycles. The standard InChI is InChI=1S/C13H10BrNO5/c1-19-7-2-3-8(13(17)18)10(6-7)15-12(16)9-4-5-20-11(9)14/h2-6H,1H3,(H,15,16)(H,17,18). The van der Waals surface area contributed by atoms with Crippen molar-refractivity contribution in [2.45, 2.75) is 0 Å². The van der Waals surface area contributed by atoms with Gasteiger partial charge in [0.25, 0.3) is 5.91 Å². The zero-order chi connectivity index (χ0) is 14.7. The third-order valence-corrected chi connectivity index (χ3v) is 3.18. The maximum Gasteiger partial charge on any atom is 0.337 e. The van der Waals surface area contributed by atoms with Crippen molar-refractivity contribution in [1.29, 1.82) is 0 Å². The van der Waals surface area contributed by atoms with Crippen molar-refractivity contribution in [3.05, 3.63) is 46.3 Å². The van der Waals surface area contributed by atoms with Gasteiger partial charge in [-0.05, 0) is 34.1 Å². The Labute approximate surface area is 122 Å². The van der Waals surface area contributed by atoms with E-state index in [1.54, 1.807) is 0 Å². The number of rotatable bonds is 4. The van der Waals surface area contributed by atoms with Crippen LogP contribution in [0.2, 0.25) is 0 Å². The van der Waals surface area contributed by atoms with Gasteiger partial charge in [-0.2, -0.15) is 0 Å². The molecular weight excluding hydrogens is 330 g/mol. The number of carbonyl (C=O) groups excluding carboxylic acids is 1. The minimum Gasteiger partial charge on any atom is -0.497 e. The monoisotopic (exact) mass is 339 g/mol. The lowest BCUT2D eigenvalue weighted by molar-refractivity contribution is 0.0698. The van der Waals surface area contributed by atoms with Crippen LogP contribution in [-0.4, -0.2) is 24.1 Å². The van der Waals surface area contributed by atoms with Crippen molar-refractivity contribution in [3.8, 4) is 5.75 Å². The summed E-state index contributed by atoms with van der Waals surface area (Å²) in [7, 11) is 1.45. The van der Waals surface area contributed by atoms with Crippen LogP contribution >= 0.6 is 15.9 Å². The molecule has 0 radical (unpaired) electrons. The molecule has 0 aliphatic rings. The molecule has 0 atom stereocenters. The van der Waals surface area contributed by atoms with E-state index in [-0.39, 0.29) is 21.5 Å². The first-order valence-electron chi connectivity index (χ1n) is 5.48. The lowest BCUT2D eigenvalue weighted by Crippen LogP contribution is -2.14. The molecule has 0 aliphatic heterocycles.